The average molecular weight is 259 g/mol. The number of halogens is 1. The van der Waals surface area contributed by atoms with Gasteiger partial charge in [0.05, 0.1) is 11.6 Å². The summed E-state index contributed by atoms with van der Waals surface area (Å²) in [6, 6.07) is 3.39. The van der Waals surface area contributed by atoms with E-state index in [9.17, 15) is 9.90 Å². The lowest BCUT2D eigenvalue weighted by molar-refractivity contribution is -0.108. The largest absolute Gasteiger partial charge is 0.503 e. The first kappa shape index (κ1) is 11.0. The van der Waals surface area contributed by atoms with E-state index in [1.165, 1.54) is 7.11 Å². The first-order chi connectivity index (χ1) is 6.61. The average Bonchev–Trinajstić information content (AvgIpc) is 2.21. The maximum atomic E-state index is 10.6. The second-order valence-corrected chi connectivity index (χ2v) is 3.74. The third-order valence-electron chi connectivity index (χ3n) is 2.02. The fraction of sp³-hybridized carbons (Fsp3) is 0.300. The molecule has 1 N–H and O–H groups in total. The van der Waals surface area contributed by atoms with Gasteiger partial charge in [0.1, 0.15) is 6.29 Å². The minimum atomic E-state index is -0.249. The zero-order chi connectivity index (χ0) is 10.7. The molecule has 14 heavy (non-hydrogen) atoms. The molecule has 1 unspecified atom stereocenters. The molecule has 0 radical (unpaired) electrons. The number of phenolic OH excluding ortho intramolecular Hbond substituents is 1. The van der Waals surface area contributed by atoms with Crippen LogP contribution in [0.25, 0.3) is 0 Å². The summed E-state index contributed by atoms with van der Waals surface area (Å²) in [6.45, 7) is 1.76. The summed E-state index contributed by atoms with van der Waals surface area (Å²) >= 11 is 3.22. The number of rotatable bonds is 3. The van der Waals surface area contributed by atoms with Gasteiger partial charge < -0.3 is 14.6 Å². The SMILES string of the molecule is COc1ccc(C(C)C=O)c(Br)c1O. The van der Waals surface area contributed by atoms with Gasteiger partial charge in [0.25, 0.3) is 0 Å². The topological polar surface area (TPSA) is 46.5 Å². The molecule has 76 valence electrons. The number of carbonyl (C=O) groups is 1. The van der Waals surface area contributed by atoms with Gasteiger partial charge in [-0.1, -0.05) is 13.0 Å². The van der Waals surface area contributed by atoms with Gasteiger partial charge in [0.2, 0.25) is 0 Å². The van der Waals surface area contributed by atoms with Crippen LogP contribution in [-0.2, 0) is 4.79 Å². The molecule has 0 saturated carbocycles. The summed E-state index contributed by atoms with van der Waals surface area (Å²) < 4.78 is 5.44. The van der Waals surface area contributed by atoms with E-state index in [1.54, 1.807) is 19.1 Å². The van der Waals surface area contributed by atoms with Crippen molar-refractivity contribution in [1.29, 1.82) is 0 Å². The molecule has 0 aliphatic carbocycles. The molecule has 3 nitrogen and oxygen atoms in total. The summed E-state index contributed by atoms with van der Waals surface area (Å²) in [7, 11) is 1.48. The van der Waals surface area contributed by atoms with Gasteiger partial charge in [0, 0.05) is 5.92 Å². The normalized spacial score (nSPS) is 12.2. The van der Waals surface area contributed by atoms with Gasteiger partial charge in [-0.3, -0.25) is 0 Å². The maximum Gasteiger partial charge on any atom is 0.172 e. The molecule has 1 atom stereocenters. The molecule has 0 amide bonds. The van der Waals surface area contributed by atoms with Crippen LogP contribution >= 0.6 is 15.9 Å². The van der Waals surface area contributed by atoms with E-state index in [-0.39, 0.29) is 11.7 Å². The van der Waals surface area contributed by atoms with Crippen molar-refractivity contribution in [2.75, 3.05) is 7.11 Å². The molecular formula is C10H11BrO3. The monoisotopic (exact) mass is 258 g/mol. The Morgan fingerprint density at radius 2 is 2.21 bits per heavy atom. The van der Waals surface area contributed by atoms with Crippen LogP contribution in [0.15, 0.2) is 16.6 Å². The quantitative estimate of drug-likeness (QED) is 0.848. The van der Waals surface area contributed by atoms with Crippen LogP contribution in [0.1, 0.15) is 18.4 Å². The summed E-state index contributed by atoms with van der Waals surface area (Å²) in [4.78, 5) is 10.6. The highest BCUT2D eigenvalue weighted by Gasteiger charge is 2.14. The van der Waals surface area contributed by atoms with Gasteiger partial charge in [-0.25, -0.2) is 0 Å². The Morgan fingerprint density at radius 3 is 2.71 bits per heavy atom. The predicted molar refractivity (Wildman–Crippen MR) is 56.8 cm³/mol. The number of phenols is 1. The van der Waals surface area contributed by atoms with Crippen molar-refractivity contribution >= 4 is 22.2 Å². The second kappa shape index (κ2) is 4.46. The highest BCUT2D eigenvalue weighted by atomic mass is 79.9. The minimum Gasteiger partial charge on any atom is -0.503 e. The summed E-state index contributed by atoms with van der Waals surface area (Å²) in [5.41, 5.74) is 0.748. The fourth-order valence-electron chi connectivity index (χ4n) is 1.15. The van der Waals surface area contributed by atoms with E-state index >= 15 is 0 Å². The van der Waals surface area contributed by atoms with Crippen LogP contribution in [0, 0.1) is 0 Å². The highest BCUT2D eigenvalue weighted by Crippen LogP contribution is 2.38. The van der Waals surface area contributed by atoms with Crippen LogP contribution in [-0.4, -0.2) is 18.5 Å². The van der Waals surface area contributed by atoms with E-state index in [0.717, 1.165) is 11.8 Å². The van der Waals surface area contributed by atoms with E-state index in [1.807, 2.05) is 0 Å². The van der Waals surface area contributed by atoms with E-state index in [2.05, 4.69) is 15.9 Å². The summed E-state index contributed by atoms with van der Waals surface area (Å²) in [5, 5.41) is 9.63. The van der Waals surface area contributed by atoms with Crippen molar-refractivity contribution in [3.8, 4) is 11.5 Å². The molecule has 0 heterocycles. The number of benzene rings is 1. The molecule has 0 spiro atoms. The summed E-state index contributed by atoms with van der Waals surface area (Å²) in [6.07, 6.45) is 0.825. The van der Waals surface area contributed by atoms with E-state index in [0.29, 0.717) is 10.2 Å². The predicted octanol–water partition coefficient (Wildman–Crippen LogP) is 2.47. The number of hydrogen-bond acceptors (Lipinski definition) is 3. The minimum absolute atomic E-state index is 0.0266. The summed E-state index contributed by atoms with van der Waals surface area (Å²) in [5.74, 6) is 0.165. The Balaban J connectivity index is 3.23. The van der Waals surface area contributed by atoms with Crippen LogP contribution in [0.3, 0.4) is 0 Å². The molecule has 4 heteroatoms. The van der Waals surface area contributed by atoms with Crippen molar-refractivity contribution < 1.29 is 14.6 Å². The van der Waals surface area contributed by atoms with Crippen molar-refractivity contribution in [3.63, 3.8) is 0 Å². The van der Waals surface area contributed by atoms with Gasteiger partial charge in [-0.05, 0) is 27.6 Å². The molecule has 0 fully saturated rings. The Hall–Kier alpha value is -1.03. The molecule has 0 bridgehead atoms. The molecule has 0 aliphatic heterocycles. The molecule has 0 saturated heterocycles. The lowest BCUT2D eigenvalue weighted by Crippen LogP contribution is -1.96. The number of aldehydes is 1. The zero-order valence-corrected chi connectivity index (χ0v) is 9.54. The van der Waals surface area contributed by atoms with E-state index in [4.69, 9.17) is 4.74 Å². The highest BCUT2D eigenvalue weighted by molar-refractivity contribution is 9.10. The number of aromatic hydroxyl groups is 1. The lowest BCUT2D eigenvalue weighted by atomic mass is 10.0. The first-order valence-electron chi connectivity index (χ1n) is 4.12. The van der Waals surface area contributed by atoms with Crippen LogP contribution in [0.5, 0.6) is 11.5 Å². The van der Waals surface area contributed by atoms with Crippen molar-refractivity contribution in [2.24, 2.45) is 0 Å². The number of carbonyl (C=O) groups excluding carboxylic acids is 1. The Kier molecular flexibility index (Phi) is 3.52. The first-order valence-corrected chi connectivity index (χ1v) is 4.91. The van der Waals surface area contributed by atoms with Crippen molar-refractivity contribution in [3.05, 3.63) is 22.2 Å². The van der Waals surface area contributed by atoms with Crippen LogP contribution in [0.4, 0.5) is 0 Å². The van der Waals surface area contributed by atoms with Gasteiger partial charge in [0.15, 0.2) is 11.5 Å². The van der Waals surface area contributed by atoms with Crippen LogP contribution < -0.4 is 4.74 Å². The third kappa shape index (κ3) is 1.90. The second-order valence-electron chi connectivity index (χ2n) is 2.94. The van der Waals surface area contributed by atoms with E-state index < -0.39 is 0 Å². The van der Waals surface area contributed by atoms with Crippen molar-refractivity contribution in [1.82, 2.24) is 0 Å². The van der Waals surface area contributed by atoms with Crippen molar-refractivity contribution in [2.45, 2.75) is 12.8 Å². The van der Waals surface area contributed by atoms with Gasteiger partial charge in [-0.15, -0.1) is 0 Å². The standard InChI is InChI=1S/C10H11BrO3/c1-6(5-12)7-3-4-8(14-2)10(13)9(7)11/h3-6,13H,1-2H3. The smallest absolute Gasteiger partial charge is 0.172 e. The molecule has 0 aromatic heterocycles. The number of methoxy groups -OCH3 is 1. The Bertz CT molecular complexity index is 349. The molecule has 1 aromatic rings. The Morgan fingerprint density at radius 1 is 1.57 bits per heavy atom. The Labute approximate surface area is 90.8 Å². The fourth-order valence-corrected chi connectivity index (χ4v) is 1.84. The third-order valence-corrected chi connectivity index (χ3v) is 2.86. The number of ether oxygens (including phenoxy) is 1. The molecular weight excluding hydrogens is 248 g/mol. The molecule has 0 aliphatic rings. The van der Waals surface area contributed by atoms with Crippen LogP contribution in [0.2, 0.25) is 0 Å². The number of hydrogen-bond donors (Lipinski definition) is 1. The lowest BCUT2D eigenvalue weighted by Gasteiger charge is -2.11. The zero-order valence-electron chi connectivity index (χ0n) is 7.95. The molecule has 1 rings (SSSR count). The van der Waals surface area contributed by atoms with Gasteiger partial charge >= 0.3 is 0 Å². The van der Waals surface area contributed by atoms with Gasteiger partial charge in [-0.2, -0.15) is 0 Å². The molecule has 1 aromatic carbocycles. The maximum absolute atomic E-state index is 10.6.